The van der Waals surface area contributed by atoms with Crippen LogP contribution in [0.2, 0.25) is 0 Å². The molecule has 1 heterocycles. The molecule has 2 amide bonds. The average Bonchev–Trinajstić information content (AvgIpc) is 2.75. The number of amides is 2. The molecule has 1 aliphatic heterocycles. The fourth-order valence-electron chi connectivity index (χ4n) is 2.11. The van der Waals surface area contributed by atoms with Gasteiger partial charge in [-0.15, -0.1) is 0 Å². The van der Waals surface area contributed by atoms with E-state index >= 15 is 0 Å². The van der Waals surface area contributed by atoms with Crippen LogP contribution in [0.25, 0.3) is 0 Å². The van der Waals surface area contributed by atoms with Crippen LogP contribution in [0.3, 0.4) is 0 Å². The van der Waals surface area contributed by atoms with Crippen LogP contribution in [0.4, 0.5) is 0 Å². The number of nitrogens with one attached hydrogen (secondary N) is 2. The molecule has 0 saturated heterocycles. The standard InChI is InChI=1S/C13H16N2O3/c1-7-4-8-5-9(12(16)14-2)6-10(11(8)18-7)13(17)15-3/h5-7H,4H2,1-3H3,(H,14,16)(H,15,17). The summed E-state index contributed by atoms with van der Waals surface area (Å²) in [5.41, 5.74) is 1.80. The van der Waals surface area contributed by atoms with Crippen molar-refractivity contribution in [3.63, 3.8) is 0 Å². The van der Waals surface area contributed by atoms with Gasteiger partial charge in [0.2, 0.25) is 0 Å². The molecule has 96 valence electrons. The second-order valence-electron chi connectivity index (χ2n) is 4.30. The Morgan fingerprint density at radius 1 is 1.22 bits per heavy atom. The van der Waals surface area contributed by atoms with Crippen molar-refractivity contribution in [3.05, 3.63) is 28.8 Å². The fraction of sp³-hybridized carbons (Fsp3) is 0.385. The van der Waals surface area contributed by atoms with E-state index in [-0.39, 0.29) is 17.9 Å². The minimum absolute atomic E-state index is 0.0309. The molecule has 2 rings (SSSR count). The van der Waals surface area contributed by atoms with E-state index in [1.165, 1.54) is 0 Å². The van der Waals surface area contributed by atoms with Gasteiger partial charge >= 0.3 is 0 Å². The van der Waals surface area contributed by atoms with E-state index in [2.05, 4.69) is 10.6 Å². The predicted molar refractivity (Wildman–Crippen MR) is 67.0 cm³/mol. The number of ether oxygens (including phenoxy) is 1. The van der Waals surface area contributed by atoms with Crippen LogP contribution < -0.4 is 15.4 Å². The minimum Gasteiger partial charge on any atom is -0.489 e. The molecular weight excluding hydrogens is 232 g/mol. The van der Waals surface area contributed by atoms with E-state index in [0.29, 0.717) is 23.3 Å². The summed E-state index contributed by atoms with van der Waals surface area (Å²) in [7, 11) is 3.12. The minimum atomic E-state index is -0.244. The van der Waals surface area contributed by atoms with Crippen molar-refractivity contribution in [1.29, 1.82) is 0 Å². The van der Waals surface area contributed by atoms with Gasteiger partial charge in [0.25, 0.3) is 11.8 Å². The summed E-state index contributed by atoms with van der Waals surface area (Å²) < 4.78 is 5.64. The first-order chi connectivity index (χ1) is 8.56. The second-order valence-corrected chi connectivity index (χ2v) is 4.30. The molecule has 0 spiro atoms. The summed E-state index contributed by atoms with van der Waals surface area (Å²) in [5.74, 6) is 0.142. The Hall–Kier alpha value is -2.04. The van der Waals surface area contributed by atoms with Crippen molar-refractivity contribution in [2.75, 3.05) is 14.1 Å². The zero-order chi connectivity index (χ0) is 13.3. The number of benzene rings is 1. The zero-order valence-electron chi connectivity index (χ0n) is 10.7. The highest BCUT2D eigenvalue weighted by atomic mass is 16.5. The molecular formula is C13H16N2O3. The van der Waals surface area contributed by atoms with Crippen LogP contribution in [0.15, 0.2) is 12.1 Å². The number of carbonyl (C=O) groups is 2. The number of hydrogen-bond donors (Lipinski definition) is 2. The Morgan fingerprint density at radius 2 is 1.89 bits per heavy atom. The lowest BCUT2D eigenvalue weighted by atomic mass is 10.0. The topological polar surface area (TPSA) is 67.4 Å². The summed E-state index contributed by atoms with van der Waals surface area (Å²) in [6.45, 7) is 1.94. The summed E-state index contributed by atoms with van der Waals surface area (Å²) in [5, 5.41) is 5.12. The van der Waals surface area contributed by atoms with Gasteiger partial charge in [0.05, 0.1) is 5.56 Å². The largest absolute Gasteiger partial charge is 0.489 e. The lowest BCUT2D eigenvalue weighted by Gasteiger charge is -2.10. The molecule has 0 radical (unpaired) electrons. The highest BCUT2D eigenvalue weighted by molar-refractivity contribution is 6.02. The lowest BCUT2D eigenvalue weighted by molar-refractivity contribution is 0.0958. The Labute approximate surface area is 106 Å². The first kappa shape index (κ1) is 12.4. The van der Waals surface area contributed by atoms with Gasteiger partial charge in [-0.2, -0.15) is 0 Å². The summed E-state index contributed by atoms with van der Waals surface area (Å²) in [6.07, 6.45) is 0.743. The third-order valence-electron chi connectivity index (χ3n) is 2.95. The Balaban J connectivity index is 2.54. The molecule has 0 aromatic heterocycles. The maximum atomic E-state index is 11.8. The summed E-state index contributed by atoms with van der Waals surface area (Å²) in [6, 6.07) is 3.35. The van der Waals surface area contributed by atoms with Gasteiger partial charge in [-0.1, -0.05) is 0 Å². The van der Waals surface area contributed by atoms with Gasteiger partial charge in [-0.3, -0.25) is 9.59 Å². The first-order valence-corrected chi connectivity index (χ1v) is 5.84. The summed E-state index contributed by atoms with van der Waals surface area (Å²) >= 11 is 0. The zero-order valence-corrected chi connectivity index (χ0v) is 10.7. The van der Waals surface area contributed by atoms with Crippen molar-refractivity contribution < 1.29 is 14.3 Å². The molecule has 5 nitrogen and oxygen atoms in total. The molecule has 0 bridgehead atoms. The number of carbonyl (C=O) groups excluding carboxylic acids is 2. The predicted octanol–water partition coefficient (Wildman–Crippen LogP) is 0.729. The Bertz CT molecular complexity index is 511. The fourth-order valence-corrected chi connectivity index (χ4v) is 2.11. The van der Waals surface area contributed by atoms with E-state index in [4.69, 9.17) is 4.74 Å². The van der Waals surface area contributed by atoms with Crippen LogP contribution in [0, 0.1) is 0 Å². The summed E-state index contributed by atoms with van der Waals surface area (Å²) in [4.78, 5) is 23.5. The smallest absolute Gasteiger partial charge is 0.254 e. The number of hydrogen-bond acceptors (Lipinski definition) is 3. The molecule has 2 N–H and O–H groups in total. The van der Waals surface area contributed by atoms with Gasteiger partial charge in [-0.25, -0.2) is 0 Å². The molecule has 1 aromatic rings. The Morgan fingerprint density at radius 3 is 2.50 bits per heavy atom. The normalized spacial score (nSPS) is 16.7. The Kier molecular flexibility index (Phi) is 3.23. The molecule has 0 aliphatic carbocycles. The van der Waals surface area contributed by atoms with Gasteiger partial charge in [-0.05, 0) is 24.6 Å². The lowest BCUT2D eigenvalue weighted by Crippen LogP contribution is -2.22. The van der Waals surface area contributed by atoms with E-state index < -0.39 is 0 Å². The van der Waals surface area contributed by atoms with Crippen LogP contribution in [0.1, 0.15) is 33.2 Å². The quantitative estimate of drug-likeness (QED) is 0.810. The van der Waals surface area contributed by atoms with Crippen LogP contribution >= 0.6 is 0 Å². The van der Waals surface area contributed by atoms with Crippen LogP contribution in [0.5, 0.6) is 5.75 Å². The van der Waals surface area contributed by atoms with Gasteiger partial charge in [0, 0.05) is 26.1 Å². The SMILES string of the molecule is CNC(=O)c1cc2c(c(C(=O)NC)c1)OC(C)C2. The number of rotatable bonds is 2. The first-order valence-electron chi connectivity index (χ1n) is 5.84. The van der Waals surface area contributed by atoms with Gasteiger partial charge < -0.3 is 15.4 Å². The molecule has 5 heteroatoms. The van der Waals surface area contributed by atoms with Gasteiger partial charge in [0.15, 0.2) is 0 Å². The molecule has 1 unspecified atom stereocenters. The van der Waals surface area contributed by atoms with Gasteiger partial charge in [0.1, 0.15) is 11.9 Å². The second kappa shape index (κ2) is 4.68. The molecule has 0 saturated carbocycles. The van der Waals surface area contributed by atoms with Crippen molar-refractivity contribution in [3.8, 4) is 5.75 Å². The maximum Gasteiger partial charge on any atom is 0.254 e. The molecule has 1 aromatic carbocycles. The molecule has 1 atom stereocenters. The highest BCUT2D eigenvalue weighted by Crippen LogP contribution is 2.33. The van der Waals surface area contributed by atoms with E-state index in [1.807, 2.05) is 6.92 Å². The van der Waals surface area contributed by atoms with Crippen LogP contribution in [-0.2, 0) is 6.42 Å². The van der Waals surface area contributed by atoms with Crippen molar-refractivity contribution in [2.45, 2.75) is 19.4 Å². The maximum absolute atomic E-state index is 11.8. The molecule has 0 fully saturated rings. The highest BCUT2D eigenvalue weighted by Gasteiger charge is 2.26. The third-order valence-corrected chi connectivity index (χ3v) is 2.95. The van der Waals surface area contributed by atoms with E-state index in [0.717, 1.165) is 5.56 Å². The van der Waals surface area contributed by atoms with Crippen LogP contribution in [-0.4, -0.2) is 32.0 Å². The van der Waals surface area contributed by atoms with Crippen molar-refractivity contribution in [2.24, 2.45) is 0 Å². The molecule has 18 heavy (non-hydrogen) atoms. The number of fused-ring (bicyclic) bond motifs is 1. The monoisotopic (exact) mass is 248 g/mol. The third kappa shape index (κ3) is 2.03. The van der Waals surface area contributed by atoms with Crippen molar-refractivity contribution in [1.82, 2.24) is 10.6 Å². The molecule has 1 aliphatic rings. The van der Waals surface area contributed by atoms with Crippen molar-refractivity contribution >= 4 is 11.8 Å². The van der Waals surface area contributed by atoms with E-state index in [9.17, 15) is 9.59 Å². The average molecular weight is 248 g/mol. The van der Waals surface area contributed by atoms with E-state index in [1.54, 1.807) is 26.2 Å².